The van der Waals surface area contributed by atoms with Crippen molar-refractivity contribution >= 4 is 21.9 Å². The summed E-state index contributed by atoms with van der Waals surface area (Å²) in [5.41, 5.74) is 0.195. The molecule has 0 aliphatic rings. The van der Waals surface area contributed by atoms with E-state index in [4.69, 9.17) is 14.6 Å². The topological polar surface area (TPSA) is 55.8 Å². The highest BCUT2D eigenvalue weighted by Crippen LogP contribution is 2.37. The minimum atomic E-state index is -0.995. The van der Waals surface area contributed by atoms with Crippen LogP contribution in [0.1, 0.15) is 12.0 Å². The third kappa shape index (κ3) is 3.09. The minimum absolute atomic E-state index is 0.0418. The van der Waals surface area contributed by atoms with Crippen LogP contribution in [0.4, 0.5) is 4.39 Å². The summed E-state index contributed by atoms with van der Waals surface area (Å²) in [7, 11) is 2.82. The van der Waals surface area contributed by atoms with E-state index in [1.54, 1.807) is 0 Å². The highest BCUT2D eigenvalue weighted by Gasteiger charge is 2.19. The number of hydrogen-bond donors (Lipinski definition) is 1. The molecule has 1 aromatic rings. The van der Waals surface area contributed by atoms with Crippen molar-refractivity contribution in [2.24, 2.45) is 0 Å². The van der Waals surface area contributed by atoms with Crippen LogP contribution in [0, 0.1) is 5.82 Å². The largest absolute Gasteiger partial charge is 0.493 e. The number of ether oxygens (including phenoxy) is 2. The Labute approximate surface area is 106 Å². The molecule has 0 saturated heterocycles. The molecule has 0 spiro atoms. The summed E-state index contributed by atoms with van der Waals surface area (Å²) in [6.45, 7) is 0. The maximum absolute atomic E-state index is 13.8. The molecule has 0 atom stereocenters. The van der Waals surface area contributed by atoms with E-state index in [0.717, 1.165) is 0 Å². The normalized spacial score (nSPS) is 10.1. The molecule has 0 heterocycles. The van der Waals surface area contributed by atoms with Gasteiger partial charge >= 0.3 is 5.97 Å². The lowest BCUT2D eigenvalue weighted by Crippen LogP contribution is -2.04. The average Bonchev–Trinajstić information content (AvgIpc) is 2.29. The van der Waals surface area contributed by atoms with Gasteiger partial charge in [0.15, 0.2) is 11.5 Å². The smallest absolute Gasteiger partial charge is 0.303 e. The number of carboxylic acids is 1. The predicted octanol–water partition coefficient (Wildman–Crippen LogP) is 2.62. The summed E-state index contributed by atoms with van der Waals surface area (Å²) in [6, 6.07) is 1.44. The Morgan fingerprint density at radius 3 is 2.59 bits per heavy atom. The van der Waals surface area contributed by atoms with Crippen LogP contribution in [0.5, 0.6) is 11.5 Å². The molecule has 6 heteroatoms. The molecule has 0 amide bonds. The van der Waals surface area contributed by atoms with Gasteiger partial charge in [0, 0.05) is 18.1 Å². The van der Waals surface area contributed by atoms with E-state index in [1.165, 1.54) is 20.3 Å². The molecule has 17 heavy (non-hydrogen) atoms. The van der Waals surface area contributed by atoms with Crippen molar-refractivity contribution in [3.63, 3.8) is 0 Å². The van der Waals surface area contributed by atoms with Crippen LogP contribution in [0.25, 0.3) is 0 Å². The Kier molecular flexibility index (Phi) is 4.74. The Hall–Kier alpha value is -1.30. The van der Waals surface area contributed by atoms with Crippen molar-refractivity contribution < 1.29 is 23.8 Å². The van der Waals surface area contributed by atoms with Gasteiger partial charge in [-0.1, -0.05) is 0 Å². The van der Waals surface area contributed by atoms with Crippen LogP contribution in [0.2, 0.25) is 0 Å². The molecule has 0 aliphatic heterocycles. The molecule has 0 radical (unpaired) electrons. The first-order chi connectivity index (χ1) is 8.01. The van der Waals surface area contributed by atoms with Gasteiger partial charge in [0.05, 0.1) is 18.7 Å². The quantitative estimate of drug-likeness (QED) is 0.908. The van der Waals surface area contributed by atoms with Gasteiger partial charge in [0.1, 0.15) is 5.82 Å². The fourth-order valence-corrected chi connectivity index (χ4v) is 1.91. The zero-order valence-electron chi connectivity index (χ0n) is 9.42. The van der Waals surface area contributed by atoms with E-state index in [-0.39, 0.29) is 28.6 Å². The van der Waals surface area contributed by atoms with E-state index in [0.29, 0.717) is 5.75 Å². The number of methoxy groups -OCH3 is 2. The predicted molar refractivity (Wildman–Crippen MR) is 63.2 cm³/mol. The summed E-state index contributed by atoms with van der Waals surface area (Å²) >= 11 is 3.05. The molecule has 0 saturated carbocycles. The second-order valence-electron chi connectivity index (χ2n) is 3.28. The molecule has 4 nitrogen and oxygen atoms in total. The van der Waals surface area contributed by atoms with E-state index < -0.39 is 11.8 Å². The molecule has 1 rings (SSSR count). The second kappa shape index (κ2) is 5.86. The summed E-state index contributed by atoms with van der Waals surface area (Å²) in [6.07, 6.45) is -0.132. The standard InChI is InChI=1S/C11H12BrFO4/c1-16-8-5-7(12)10(13)6(11(8)17-2)3-4-9(14)15/h5H,3-4H2,1-2H3,(H,14,15). The van der Waals surface area contributed by atoms with Gasteiger partial charge in [0.2, 0.25) is 0 Å². The Bertz CT molecular complexity index is 434. The Morgan fingerprint density at radius 2 is 2.12 bits per heavy atom. The number of hydrogen-bond acceptors (Lipinski definition) is 3. The maximum Gasteiger partial charge on any atom is 0.303 e. The summed E-state index contributed by atoms with van der Waals surface area (Å²) < 4.78 is 24.2. The first-order valence-corrected chi connectivity index (χ1v) is 5.61. The zero-order chi connectivity index (χ0) is 13.0. The molecule has 0 aromatic heterocycles. The van der Waals surface area contributed by atoms with Gasteiger partial charge in [-0.15, -0.1) is 0 Å². The molecule has 0 aliphatic carbocycles. The molecule has 1 aromatic carbocycles. The molecule has 1 N–H and O–H groups in total. The maximum atomic E-state index is 13.8. The van der Waals surface area contributed by atoms with Crippen LogP contribution in [-0.2, 0) is 11.2 Å². The zero-order valence-corrected chi connectivity index (χ0v) is 11.0. The van der Waals surface area contributed by atoms with Gasteiger partial charge in [-0.05, 0) is 22.4 Å². The lowest BCUT2D eigenvalue weighted by molar-refractivity contribution is -0.136. The summed E-state index contributed by atoms with van der Waals surface area (Å²) in [5.74, 6) is -0.926. The fourth-order valence-electron chi connectivity index (χ4n) is 1.47. The molecule has 94 valence electrons. The fraction of sp³-hybridized carbons (Fsp3) is 0.364. The van der Waals surface area contributed by atoms with E-state index in [2.05, 4.69) is 15.9 Å². The Balaban J connectivity index is 3.22. The lowest BCUT2D eigenvalue weighted by atomic mass is 10.1. The van der Waals surface area contributed by atoms with Crippen LogP contribution in [-0.4, -0.2) is 25.3 Å². The Morgan fingerprint density at radius 1 is 1.47 bits per heavy atom. The van der Waals surface area contributed by atoms with Crippen LogP contribution in [0.15, 0.2) is 10.5 Å². The monoisotopic (exact) mass is 306 g/mol. The van der Waals surface area contributed by atoms with Crippen molar-refractivity contribution in [3.05, 3.63) is 21.9 Å². The average molecular weight is 307 g/mol. The summed E-state index contributed by atoms with van der Waals surface area (Å²) in [4.78, 5) is 10.5. The van der Waals surface area contributed by atoms with Gasteiger partial charge in [-0.2, -0.15) is 0 Å². The summed E-state index contributed by atoms with van der Waals surface area (Å²) in [5, 5.41) is 8.62. The molecular formula is C11H12BrFO4. The first kappa shape index (κ1) is 13.8. The third-order valence-electron chi connectivity index (χ3n) is 2.24. The minimum Gasteiger partial charge on any atom is -0.493 e. The van der Waals surface area contributed by atoms with Crippen LogP contribution >= 0.6 is 15.9 Å². The van der Waals surface area contributed by atoms with Crippen molar-refractivity contribution in [2.45, 2.75) is 12.8 Å². The number of halogens is 2. The van der Waals surface area contributed by atoms with E-state index in [1.807, 2.05) is 0 Å². The van der Waals surface area contributed by atoms with Gasteiger partial charge in [-0.3, -0.25) is 4.79 Å². The van der Waals surface area contributed by atoms with Gasteiger partial charge in [-0.25, -0.2) is 4.39 Å². The van der Waals surface area contributed by atoms with Crippen molar-refractivity contribution in [3.8, 4) is 11.5 Å². The molecule has 0 bridgehead atoms. The van der Waals surface area contributed by atoms with Crippen molar-refractivity contribution in [1.29, 1.82) is 0 Å². The van der Waals surface area contributed by atoms with Gasteiger partial charge in [0.25, 0.3) is 0 Å². The van der Waals surface area contributed by atoms with E-state index >= 15 is 0 Å². The van der Waals surface area contributed by atoms with Crippen LogP contribution in [0.3, 0.4) is 0 Å². The number of rotatable bonds is 5. The van der Waals surface area contributed by atoms with Crippen LogP contribution < -0.4 is 9.47 Å². The molecule has 0 fully saturated rings. The van der Waals surface area contributed by atoms with Crippen molar-refractivity contribution in [1.82, 2.24) is 0 Å². The second-order valence-corrected chi connectivity index (χ2v) is 4.13. The number of benzene rings is 1. The van der Waals surface area contributed by atoms with E-state index in [9.17, 15) is 9.18 Å². The lowest BCUT2D eigenvalue weighted by Gasteiger charge is -2.14. The molecular weight excluding hydrogens is 295 g/mol. The highest BCUT2D eigenvalue weighted by molar-refractivity contribution is 9.10. The number of aliphatic carboxylic acids is 1. The SMILES string of the molecule is COc1cc(Br)c(F)c(CCC(=O)O)c1OC. The van der Waals surface area contributed by atoms with Crippen molar-refractivity contribution in [2.75, 3.05) is 14.2 Å². The molecule has 0 unspecified atom stereocenters. The van der Waals surface area contributed by atoms with Gasteiger partial charge < -0.3 is 14.6 Å². The first-order valence-electron chi connectivity index (χ1n) is 4.81. The number of carboxylic acid groups (broad SMARTS) is 1. The third-order valence-corrected chi connectivity index (χ3v) is 2.82. The highest BCUT2D eigenvalue weighted by atomic mass is 79.9. The number of carbonyl (C=O) groups is 1.